The minimum atomic E-state index is -0.377. The Morgan fingerprint density at radius 1 is 0.811 bits per heavy atom. The molecular weight excluding hydrogens is 464 g/mol. The summed E-state index contributed by atoms with van der Waals surface area (Å²) in [5.74, 6) is 0.0744. The molecule has 0 bridgehead atoms. The SMILES string of the molecule is CCCCCCCCC(CCCCCC)C(=O)N1CCC[C@H]1C(=O)OCCCCCCNCCCCO. The summed E-state index contributed by atoms with van der Waals surface area (Å²) in [5.41, 5.74) is 0. The highest BCUT2D eigenvalue weighted by Gasteiger charge is 2.37. The number of rotatable bonds is 25. The quantitative estimate of drug-likeness (QED) is 0.102. The predicted molar refractivity (Wildman–Crippen MR) is 154 cm³/mol. The third kappa shape index (κ3) is 16.4. The molecule has 1 aliphatic rings. The van der Waals surface area contributed by atoms with Crippen molar-refractivity contribution in [3.8, 4) is 0 Å². The molecule has 37 heavy (non-hydrogen) atoms. The second kappa shape index (κ2) is 23.9. The number of nitrogens with zero attached hydrogens (tertiary/aromatic N) is 1. The van der Waals surface area contributed by atoms with Gasteiger partial charge in [-0.2, -0.15) is 0 Å². The zero-order valence-corrected chi connectivity index (χ0v) is 24.5. The van der Waals surface area contributed by atoms with Crippen LogP contribution in [-0.2, 0) is 14.3 Å². The molecule has 2 N–H and O–H groups in total. The third-order valence-electron chi connectivity index (χ3n) is 7.72. The first kappa shape index (κ1) is 33.9. The molecule has 1 saturated heterocycles. The number of nitrogens with one attached hydrogen (secondary N) is 1. The maximum atomic E-state index is 13.5. The number of esters is 1. The van der Waals surface area contributed by atoms with E-state index in [2.05, 4.69) is 19.2 Å². The molecule has 0 aromatic carbocycles. The van der Waals surface area contributed by atoms with E-state index in [-0.39, 0.29) is 30.4 Å². The maximum absolute atomic E-state index is 13.5. The number of hydrogen-bond donors (Lipinski definition) is 2. The van der Waals surface area contributed by atoms with Crippen LogP contribution >= 0.6 is 0 Å². The topological polar surface area (TPSA) is 78.9 Å². The Morgan fingerprint density at radius 2 is 1.38 bits per heavy atom. The lowest BCUT2D eigenvalue weighted by atomic mass is 9.92. The van der Waals surface area contributed by atoms with E-state index in [0.717, 1.165) is 90.1 Å². The highest BCUT2D eigenvalue weighted by Crippen LogP contribution is 2.27. The van der Waals surface area contributed by atoms with Gasteiger partial charge in [0.2, 0.25) is 5.91 Å². The van der Waals surface area contributed by atoms with E-state index in [4.69, 9.17) is 9.84 Å². The Kier molecular flexibility index (Phi) is 21.9. The maximum Gasteiger partial charge on any atom is 0.328 e. The summed E-state index contributed by atoms with van der Waals surface area (Å²) in [5, 5.41) is 12.2. The molecule has 1 aliphatic heterocycles. The van der Waals surface area contributed by atoms with Gasteiger partial charge in [0.1, 0.15) is 6.04 Å². The van der Waals surface area contributed by atoms with Crippen molar-refractivity contribution >= 4 is 11.9 Å². The second-order valence-electron chi connectivity index (χ2n) is 11.1. The van der Waals surface area contributed by atoms with Gasteiger partial charge >= 0.3 is 5.97 Å². The summed E-state index contributed by atoms with van der Waals surface area (Å²) >= 11 is 0. The summed E-state index contributed by atoms with van der Waals surface area (Å²) in [6, 6.07) is -0.377. The van der Waals surface area contributed by atoms with Crippen LogP contribution in [0.3, 0.4) is 0 Å². The summed E-state index contributed by atoms with van der Waals surface area (Å²) in [6.45, 7) is 7.86. The van der Waals surface area contributed by atoms with Crippen molar-refractivity contribution in [1.29, 1.82) is 0 Å². The van der Waals surface area contributed by atoms with Crippen molar-refractivity contribution < 1.29 is 19.4 Å². The van der Waals surface area contributed by atoms with Gasteiger partial charge in [-0.1, -0.05) is 90.9 Å². The van der Waals surface area contributed by atoms with E-state index in [0.29, 0.717) is 13.2 Å². The molecule has 0 saturated carbocycles. The molecule has 218 valence electrons. The van der Waals surface area contributed by atoms with Crippen molar-refractivity contribution in [3.05, 3.63) is 0 Å². The van der Waals surface area contributed by atoms with Gasteiger partial charge in [-0.25, -0.2) is 4.79 Å². The first-order valence-corrected chi connectivity index (χ1v) is 15.9. The molecule has 1 fully saturated rings. The lowest BCUT2D eigenvalue weighted by Gasteiger charge is -2.28. The first-order valence-electron chi connectivity index (χ1n) is 15.9. The van der Waals surface area contributed by atoms with Gasteiger partial charge in [-0.3, -0.25) is 4.79 Å². The van der Waals surface area contributed by atoms with E-state index in [9.17, 15) is 9.59 Å². The third-order valence-corrected chi connectivity index (χ3v) is 7.72. The summed E-state index contributed by atoms with van der Waals surface area (Å²) in [6.07, 6.45) is 21.8. The number of unbranched alkanes of at least 4 members (excludes halogenated alkanes) is 12. The Hall–Kier alpha value is -1.14. The predicted octanol–water partition coefficient (Wildman–Crippen LogP) is 6.78. The highest BCUT2D eigenvalue weighted by molar-refractivity contribution is 5.86. The highest BCUT2D eigenvalue weighted by atomic mass is 16.5. The lowest BCUT2D eigenvalue weighted by Crippen LogP contribution is -2.44. The molecule has 0 spiro atoms. The monoisotopic (exact) mass is 524 g/mol. The summed E-state index contributed by atoms with van der Waals surface area (Å²) < 4.78 is 5.64. The fourth-order valence-corrected chi connectivity index (χ4v) is 5.35. The molecular formula is C31H60N2O4. The van der Waals surface area contributed by atoms with Gasteiger partial charge in [-0.05, 0) is 64.5 Å². The van der Waals surface area contributed by atoms with Crippen LogP contribution in [0.1, 0.15) is 142 Å². The van der Waals surface area contributed by atoms with E-state index >= 15 is 0 Å². The zero-order valence-electron chi connectivity index (χ0n) is 24.5. The van der Waals surface area contributed by atoms with Gasteiger partial charge in [-0.15, -0.1) is 0 Å². The van der Waals surface area contributed by atoms with E-state index < -0.39 is 0 Å². The largest absolute Gasteiger partial charge is 0.464 e. The van der Waals surface area contributed by atoms with Crippen molar-refractivity contribution in [2.45, 2.75) is 148 Å². The van der Waals surface area contributed by atoms with Crippen LogP contribution in [0, 0.1) is 5.92 Å². The fraction of sp³-hybridized carbons (Fsp3) is 0.935. The standard InChI is InChI=1S/C31H60N2O4/c1-3-5-7-9-10-14-21-28(20-13-8-6-4-2)30(35)33-25-19-22-29(33)31(36)37-27-18-12-11-15-23-32-24-16-17-26-34/h28-29,32,34H,3-27H2,1-2H3/t28?,29-/m0/s1. The zero-order chi connectivity index (χ0) is 27.0. The fourth-order valence-electron chi connectivity index (χ4n) is 5.35. The van der Waals surface area contributed by atoms with Gasteiger partial charge in [0.15, 0.2) is 0 Å². The minimum Gasteiger partial charge on any atom is -0.464 e. The Bertz CT molecular complexity index is 557. The smallest absolute Gasteiger partial charge is 0.328 e. The van der Waals surface area contributed by atoms with Crippen LogP contribution < -0.4 is 5.32 Å². The number of aliphatic hydroxyl groups excluding tert-OH is 1. The Morgan fingerprint density at radius 3 is 2.05 bits per heavy atom. The minimum absolute atomic E-state index is 0.0636. The van der Waals surface area contributed by atoms with Gasteiger partial charge in [0.25, 0.3) is 0 Å². The molecule has 1 amide bonds. The molecule has 1 unspecified atom stereocenters. The molecule has 1 heterocycles. The van der Waals surface area contributed by atoms with Gasteiger partial charge in [0.05, 0.1) is 6.61 Å². The molecule has 2 atom stereocenters. The Labute approximate surface area is 228 Å². The average Bonchev–Trinajstić information content (AvgIpc) is 3.40. The number of carbonyl (C=O) groups excluding carboxylic acids is 2. The molecule has 0 aromatic rings. The first-order chi connectivity index (χ1) is 18.2. The normalized spacial score (nSPS) is 16.3. The van der Waals surface area contributed by atoms with Crippen LogP contribution in [0.4, 0.5) is 0 Å². The van der Waals surface area contributed by atoms with Crippen LogP contribution in [0.15, 0.2) is 0 Å². The Balaban J connectivity index is 2.37. The van der Waals surface area contributed by atoms with Crippen molar-refractivity contribution in [1.82, 2.24) is 10.2 Å². The summed E-state index contributed by atoms with van der Waals surface area (Å²) in [7, 11) is 0. The van der Waals surface area contributed by atoms with Gasteiger partial charge < -0.3 is 20.1 Å². The van der Waals surface area contributed by atoms with E-state index in [1.165, 1.54) is 51.4 Å². The average molecular weight is 525 g/mol. The molecule has 0 radical (unpaired) electrons. The number of amides is 1. The lowest BCUT2D eigenvalue weighted by molar-refractivity contribution is -0.155. The summed E-state index contributed by atoms with van der Waals surface area (Å²) in [4.78, 5) is 28.3. The van der Waals surface area contributed by atoms with Gasteiger partial charge in [0, 0.05) is 19.1 Å². The number of carbonyl (C=O) groups is 2. The number of aliphatic hydroxyl groups is 1. The van der Waals surface area contributed by atoms with Crippen LogP contribution in [0.2, 0.25) is 0 Å². The molecule has 6 heteroatoms. The molecule has 0 aromatic heterocycles. The van der Waals surface area contributed by atoms with Crippen LogP contribution in [-0.4, -0.2) is 60.8 Å². The van der Waals surface area contributed by atoms with Crippen molar-refractivity contribution in [2.75, 3.05) is 32.8 Å². The second-order valence-corrected chi connectivity index (χ2v) is 11.1. The molecule has 6 nitrogen and oxygen atoms in total. The van der Waals surface area contributed by atoms with E-state index in [1.807, 2.05) is 4.90 Å². The van der Waals surface area contributed by atoms with Crippen molar-refractivity contribution in [3.63, 3.8) is 0 Å². The number of ether oxygens (including phenoxy) is 1. The number of likely N-dealkylation sites (tertiary alicyclic amines) is 1. The van der Waals surface area contributed by atoms with Crippen molar-refractivity contribution in [2.24, 2.45) is 5.92 Å². The van der Waals surface area contributed by atoms with Crippen LogP contribution in [0.5, 0.6) is 0 Å². The van der Waals surface area contributed by atoms with E-state index in [1.54, 1.807) is 0 Å². The molecule has 1 rings (SSSR count). The van der Waals surface area contributed by atoms with Crippen LogP contribution in [0.25, 0.3) is 0 Å². The molecule has 0 aliphatic carbocycles. The number of hydrogen-bond acceptors (Lipinski definition) is 5.